The van der Waals surface area contributed by atoms with Gasteiger partial charge < -0.3 is 5.32 Å². The lowest BCUT2D eigenvalue weighted by Crippen LogP contribution is -2.50. The summed E-state index contributed by atoms with van der Waals surface area (Å²) in [6, 6.07) is 1.71. The third-order valence-electron chi connectivity index (χ3n) is 5.71. The monoisotopic (exact) mass is 264 g/mol. The molecular formula is C17H32N2. The van der Waals surface area contributed by atoms with E-state index in [1.165, 1.54) is 90.3 Å². The topological polar surface area (TPSA) is 15.3 Å². The van der Waals surface area contributed by atoms with Crippen molar-refractivity contribution < 1.29 is 0 Å². The summed E-state index contributed by atoms with van der Waals surface area (Å²) in [6.45, 7) is 3.99. The molecule has 3 aliphatic rings. The van der Waals surface area contributed by atoms with E-state index in [-0.39, 0.29) is 0 Å². The van der Waals surface area contributed by atoms with Gasteiger partial charge in [0, 0.05) is 18.6 Å². The Balaban J connectivity index is 1.41. The van der Waals surface area contributed by atoms with Gasteiger partial charge in [0.25, 0.3) is 0 Å². The molecule has 1 atom stereocenters. The van der Waals surface area contributed by atoms with Crippen LogP contribution < -0.4 is 5.32 Å². The highest BCUT2D eigenvalue weighted by atomic mass is 15.2. The van der Waals surface area contributed by atoms with Crippen LogP contribution in [0.25, 0.3) is 0 Å². The van der Waals surface area contributed by atoms with E-state index in [0.717, 1.165) is 18.0 Å². The summed E-state index contributed by atoms with van der Waals surface area (Å²) < 4.78 is 0. The van der Waals surface area contributed by atoms with E-state index in [1.54, 1.807) is 0 Å². The first-order chi connectivity index (χ1) is 9.42. The van der Waals surface area contributed by atoms with Gasteiger partial charge in [-0.3, -0.25) is 4.90 Å². The van der Waals surface area contributed by atoms with Gasteiger partial charge >= 0.3 is 0 Å². The van der Waals surface area contributed by atoms with Gasteiger partial charge in [-0.05, 0) is 57.5 Å². The third kappa shape index (κ3) is 3.95. The normalized spacial score (nSPS) is 31.9. The molecule has 0 aromatic rings. The van der Waals surface area contributed by atoms with E-state index in [4.69, 9.17) is 0 Å². The average molecular weight is 264 g/mol. The lowest BCUT2D eigenvalue weighted by molar-refractivity contribution is 0.109. The maximum Gasteiger partial charge on any atom is 0.0195 e. The molecule has 19 heavy (non-hydrogen) atoms. The molecule has 0 bridgehead atoms. The quantitative estimate of drug-likeness (QED) is 0.835. The van der Waals surface area contributed by atoms with Crippen molar-refractivity contribution in [2.45, 2.75) is 82.7 Å². The number of rotatable bonds is 4. The van der Waals surface area contributed by atoms with Crippen LogP contribution in [-0.4, -0.2) is 36.6 Å². The molecule has 0 amide bonds. The fraction of sp³-hybridized carbons (Fsp3) is 1.00. The molecule has 0 aromatic heterocycles. The highest BCUT2D eigenvalue weighted by Gasteiger charge is 2.27. The van der Waals surface area contributed by atoms with Crippen molar-refractivity contribution in [2.75, 3.05) is 19.6 Å². The summed E-state index contributed by atoms with van der Waals surface area (Å²) in [4.78, 5) is 2.81. The minimum atomic E-state index is 0.788. The molecule has 1 saturated heterocycles. The summed E-state index contributed by atoms with van der Waals surface area (Å²) in [5.74, 6) is 0.991. The Morgan fingerprint density at radius 1 is 0.789 bits per heavy atom. The molecule has 3 rings (SSSR count). The van der Waals surface area contributed by atoms with Crippen LogP contribution in [0.2, 0.25) is 0 Å². The number of piperidine rings is 1. The van der Waals surface area contributed by atoms with E-state index in [9.17, 15) is 0 Å². The zero-order valence-electron chi connectivity index (χ0n) is 12.6. The smallest absolute Gasteiger partial charge is 0.0195 e. The second-order valence-corrected chi connectivity index (χ2v) is 7.18. The number of nitrogens with one attached hydrogen (secondary N) is 1. The first kappa shape index (κ1) is 13.9. The van der Waals surface area contributed by atoms with Crippen LogP contribution in [0, 0.1) is 5.92 Å². The van der Waals surface area contributed by atoms with Gasteiger partial charge in [-0.1, -0.05) is 32.1 Å². The molecule has 1 N–H and O–H groups in total. The van der Waals surface area contributed by atoms with Gasteiger partial charge in [-0.25, -0.2) is 0 Å². The molecule has 2 saturated carbocycles. The molecule has 1 aliphatic heterocycles. The van der Waals surface area contributed by atoms with Crippen molar-refractivity contribution in [2.24, 2.45) is 5.92 Å². The summed E-state index contributed by atoms with van der Waals surface area (Å²) >= 11 is 0. The van der Waals surface area contributed by atoms with Crippen molar-refractivity contribution >= 4 is 0 Å². The molecule has 0 spiro atoms. The lowest BCUT2D eigenvalue weighted by Gasteiger charge is -2.40. The molecule has 2 heteroatoms. The van der Waals surface area contributed by atoms with Gasteiger partial charge in [0.05, 0.1) is 0 Å². The predicted molar refractivity (Wildman–Crippen MR) is 81.4 cm³/mol. The SMILES string of the molecule is C1CCC(N2CCCC(NCC3CCCC3)C2)CC1. The second kappa shape index (κ2) is 7.08. The minimum Gasteiger partial charge on any atom is -0.312 e. The van der Waals surface area contributed by atoms with E-state index >= 15 is 0 Å². The molecule has 0 aromatic carbocycles. The Morgan fingerprint density at radius 2 is 1.53 bits per heavy atom. The molecule has 2 aliphatic carbocycles. The number of hydrogen-bond acceptors (Lipinski definition) is 2. The average Bonchev–Trinajstić information content (AvgIpc) is 3.00. The maximum atomic E-state index is 3.89. The van der Waals surface area contributed by atoms with Crippen LogP contribution in [0.1, 0.15) is 70.6 Å². The van der Waals surface area contributed by atoms with Crippen molar-refractivity contribution in [3.63, 3.8) is 0 Å². The fourth-order valence-corrected chi connectivity index (χ4v) is 4.50. The van der Waals surface area contributed by atoms with Crippen molar-refractivity contribution in [3.05, 3.63) is 0 Å². The summed E-state index contributed by atoms with van der Waals surface area (Å²) in [6.07, 6.45) is 16.1. The van der Waals surface area contributed by atoms with Gasteiger partial charge in [0.2, 0.25) is 0 Å². The summed E-state index contributed by atoms with van der Waals surface area (Å²) in [5.41, 5.74) is 0. The number of hydrogen-bond donors (Lipinski definition) is 1. The Kier molecular flexibility index (Phi) is 5.17. The molecular weight excluding hydrogens is 232 g/mol. The zero-order valence-corrected chi connectivity index (χ0v) is 12.6. The molecule has 0 radical (unpaired) electrons. The first-order valence-corrected chi connectivity index (χ1v) is 8.89. The lowest BCUT2D eigenvalue weighted by atomic mass is 9.92. The van der Waals surface area contributed by atoms with E-state index in [1.807, 2.05) is 0 Å². The molecule has 1 heterocycles. The van der Waals surface area contributed by atoms with Crippen LogP contribution in [0.3, 0.4) is 0 Å². The molecule has 1 unspecified atom stereocenters. The Hall–Kier alpha value is -0.0800. The fourth-order valence-electron chi connectivity index (χ4n) is 4.50. The van der Waals surface area contributed by atoms with Gasteiger partial charge in [0.1, 0.15) is 0 Å². The molecule has 2 nitrogen and oxygen atoms in total. The first-order valence-electron chi connectivity index (χ1n) is 8.89. The molecule has 110 valence electrons. The van der Waals surface area contributed by atoms with Crippen LogP contribution in [0.5, 0.6) is 0 Å². The van der Waals surface area contributed by atoms with Crippen molar-refractivity contribution in [1.82, 2.24) is 10.2 Å². The van der Waals surface area contributed by atoms with Crippen LogP contribution in [-0.2, 0) is 0 Å². The number of nitrogens with zero attached hydrogens (tertiary/aromatic N) is 1. The predicted octanol–water partition coefficient (Wildman–Crippen LogP) is 3.56. The van der Waals surface area contributed by atoms with Crippen molar-refractivity contribution in [3.8, 4) is 0 Å². The van der Waals surface area contributed by atoms with Crippen LogP contribution in [0.15, 0.2) is 0 Å². The van der Waals surface area contributed by atoms with E-state index in [2.05, 4.69) is 10.2 Å². The van der Waals surface area contributed by atoms with Gasteiger partial charge in [-0.15, -0.1) is 0 Å². The summed E-state index contributed by atoms with van der Waals surface area (Å²) in [5, 5.41) is 3.89. The van der Waals surface area contributed by atoms with Gasteiger partial charge in [0.15, 0.2) is 0 Å². The minimum absolute atomic E-state index is 0.788. The molecule has 3 fully saturated rings. The standard InChI is InChI=1S/C17H32N2/c1-2-10-17(11-3-1)19-12-6-9-16(14-19)18-13-15-7-4-5-8-15/h15-18H,1-14H2. The highest BCUT2D eigenvalue weighted by Crippen LogP contribution is 2.26. The zero-order chi connectivity index (χ0) is 12.9. The Morgan fingerprint density at radius 3 is 2.32 bits per heavy atom. The van der Waals surface area contributed by atoms with Crippen LogP contribution >= 0.6 is 0 Å². The second-order valence-electron chi connectivity index (χ2n) is 7.18. The summed E-state index contributed by atoms with van der Waals surface area (Å²) in [7, 11) is 0. The Labute approximate surface area is 119 Å². The van der Waals surface area contributed by atoms with E-state index in [0.29, 0.717) is 0 Å². The van der Waals surface area contributed by atoms with Crippen LogP contribution in [0.4, 0.5) is 0 Å². The maximum absolute atomic E-state index is 3.89. The largest absolute Gasteiger partial charge is 0.312 e. The number of likely N-dealkylation sites (tertiary alicyclic amines) is 1. The van der Waals surface area contributed by atoms with E-state index < -0.39 is 0 Å². The Bertz CT molecular complexity index is 254. The van der Waals surface area contributed by atoms with Gasteiger partial charge in [-0.2, -0.15) is 0 Å². The highest BCUT2D eigenvalue weighted by molar-refractivity contribution is 4.85. The van der Waals surface area contributed by atoms with Crippen molar-refractivity contribution in [1.29, 1.82) is 0 Å². The third-order valence-corrected chi connectivity index (χ3v) is 5.71.